The van der Waals surface area contributed by atoms with E-state index < -0.39 is 11.9 Å². The molecule has 118 valence electrons. The van der Waals surface area contributed by atoms with Crippen molar-refractivity contribution in [2.24, 2.45) is 0 Å². The SMILES string of the molecule is N#Cc1cc(F)ccc1CN1CC(O)CC1c1cccc(F)c1. The number of hydrogen-bond acceptors (Lipinski definition) is 3. The fraction of sp³-hybridized carbons (Fsp3) is 0.278. The summed E-state index contributed by atoms with van der Waals surface area (Å²) in [6.45, 7) is 0.838. The summed E-state index contributed by atoms with van der Waals surface area (Å²) >= 11 is 0. The Hall–Kier alpha value is -2.29. The van der Waals surface area contributed by atoms with Gasteiger partial charge in [-0.15, -0.1) is 0 Å². The van der Waals surface area contributed by atoms with Gasteiger partial charge < -0.3 is 5.11 Å². The van der Waals surface area contributed by atoms with Crippen molar-refractivity contribution in [2.75, 3.05) is 6.54 Å². The summed E-state index contributed by atoms with van der Waals surface area (Å²) in [5.74, 6) is -0.767. The van der Waals surface area contributed by atoms with Gasteiger partial charge in [0.1, 0.15) is 11.6 Å². The van der Waals surface area contributed by atoms with Crippen LogP contribution < -0.4 is 0 Å². The van der Waals surface area contributed by atoms with Gasteiger partial charge in [0.05, 0.1) is 17.7 Å². The second-order valence-electron chi connectivity index (χ2n) is 5.80. The largest absolute Gasteiger partial charge is 0.392 e. The lowest BCUT2D eigenvalue weighted by atomic mass is 10.0. The van der Waals surface area contributed by atoms with Crippen LogP contribution in [-0.2, 0) is 6.54 Å². The van der Waals surface area contributed by atoms with Crippen molar-refractivity contribution in [1.82, 2.24) is 4.90 Å². The van der Waals surface area contributed by atoms with Crippen molar-refractivity contribution in [3.63, 3.8) is 0 Å². The van der Waals surface area contributed by atoms with Gasteiger partial charge >= 0.3 is 0 Å². The van der Waals surface area contributed by atoms with E-state index in [9.17, 15) is 13.9 Å². The molecule has 0 amide bonds. The van der Waals surface area contributed by atoms with Crippen LogP contribution in [0.1, 0.15) is 29.2 Å². The van der Waals surface area contributed by atoms with Crippen LogP contribution in [0.15, 0.2) is 42.5 Å². The van der Waals surface area contributed by atoms with E-state index in [2.05, 4.69) is 0 Å². The molecule has 5 heteroatoms. The van der Waals surface area contributed by atoms with Crippen molar-refractivity contribution in [1.29, 1.82) is 5.26 Å². The Balaban J connectivity index is 1.88. The smallest absolute Gasteiger partial charge is 0.124 e. The van der Waals surface area contributed by atoms with Crippen molar-refractivity contribution in [3.05, 3.63) is 70.8 Å². The molecule has 2 atom stereocenters. The fourth-order valence-electron chi connectivity index (χ4n) is 3.12. The molecule has 1 N–H and O–H groups in total. The molecule has 2 aromatic rings. The molecule has 0 spiro atoms. The Morgan fingerprint density at radius 1 is 1.17 bits per heavy atom. The summed E-state index contributed by atoms with van der Waals surface area (Å²) in [5.41, 5.74) is 1.77. The van der Waals surface area contributed by atoms with E-state index in [1.165, 1.54) is 24.3 Å². The van der Waals surface area contributed by atoms with Gasteiger partial charge in [-0.2, -0.15) is 5.26 Å². The van der Waals surface area contributed by atoms with Crippen molar-refractivity contribution >= 4 is 0 Å². The highest BCUT2D eigenvalue weighted by Gasteiger charge is 2.32. The molecule has 23 heavy (non-hydrogen) atoms. The maximum atomic E-state index is 13.5. The number of hydrogen-bond donors (Lipinski definition) is 1. The molecule has 0 aliphatic carbocycles. The van der Waals surface area contributed by atoms with Gasteiger partial charge in [0, 0.05) is 19.1 Å². The molecule has 1 fully saturated rings. The fourth-order valence-corrected chi connectivity index (χ4v) is 3.12. The van der Waals surface area contributed by atoms with E-state index in [1.54, 1.807) is 12.1 Å². The minimum Gasteiger partial charge on any atom is -0.392 e. The summed E-state index contributed by atoms with van der Waals surface area (Å²) in [4.78, 5) is 1.99. The molecule has 0 bridgehead atoms. The van der Waals surface area contributed by atoms with E-state index >= 15 is 0 Å². The lowest BCUT2D eigenvalue weighted by Crippen LogP contribution is -2.24. The number of β-amino-alcohol motifs (C(OH)–C–C–N with tert-alkyl or cyclic N) is 1. The van der Waals surface area contributed by atoms with Crippen molar-refractivity contribution in [2.45, 2.75) is 25.1 Å². The number of halogens is 2. The second kappa shape index (κ2) is 6.45. The van der Waals surface area contributed by atoms with Crippen LogP contribution in [0.3, 0.4) is 0 Å². The number of benzene rings is 2. The van der Waals surface area contributed by atoms with Crippen LogP contribution >= 0.6 is 0 Å². The molecule has 1 heterocycles. The molecule has 1 aliphatic heterocycles. The Morgan fingerprint density at radius 2 is 1.96 bits per heavy atom. The molecule has 1 aliphatic rings. The summed E-state index contributed by atoms with van der Waals surface area (Å²) < 4.78 is 26.7. The zero-order valence-corrected chi connectivity index (χ0v) is 12.4. The van der Waals surface area contributed by atoms with Crippen LogP contribution in [0.25, 0.3) is 0 Å². The van der Waals surface area contributed by atoms with Gasteiger partial charge in [-0.25, -0.2) is 8.78 Å². The number of nitrogens with zero attached hydrogens (tertiary/aromatic N) is 2. The molecule has 0 saturated carbocycles. The predicted molar refractivity (Wildman–Crippen MR) is 81.3 cm³/mol. The minimum absolute atomic E-state index is 0.128. The van der Waals surface area contributed by atoms with E-state index in [-0.39, 0.29) is 17.4 Å². The van der Waals surface area contributed by atoms with Gasteiger partial charge in [-0.05, 0) is 41.8 Å². The average molecular weight is 314 g/mol. The first kappa shape index (κ1) is 15.6. The third-order valence-corrected chi connectivity index (χ3v) is 4.18. The molecule has 2 aromatic carbocycles. The summed E-state index contributed by atoms with van der Waals surface area (Å²) in [6, 6.07) is 12.3. The first-order valence-electron chi connectivity index (χ1n) is 7.43. The Bertz CT molecular complexity index is 757. The predicted octanol–water partition coefficient (Wildman–Crippen LogP) is 3.14. The monoisotopic (exact) mass is 314 g/mol. The normalized spacial score (nSPS) is 21.3. The number of rotatable bonds is 3. The van der Waals surface area contributed by atoms with E-state index in [1.807, 2.05) is 17.0 Å². The first-order valence-corrected chi connectivity index (χ1v) is 7.43. The second-order valence-corrected chi connectivity index (χ2v) is 5.80. The highest BCUT2D eigenvalue weighted by Crippen LogP contribution is 2.34. The Morgan fingerprint density at radius 3 is 2.70 bits per heavy atom. The summed E-state index contributed by atoms with van der Waals surface area (Å²) in [7, 11) is 0. The van der Waals surface area contributed by atoms with Crippen molar-refractivity contribution < 1.29 is 13.9 Å². The first-order chi connectivity index (χ1) is 11.1. The van der Waals surface area contributed by atoms with Crippen LogP contribution in [0.5, 0.6) is 0 Å². The third-order valence-electron chi connectivity index (χ3n) is 4.18. The topological polar surface area (TPSA) is 47.3 Å². The van der Waals surface area contributed by atoms with Crippen LogP contribution in [0.2, 0.25) is 0 Å². The average Bonchev–Trinajstić information content (AvgIpc) is 2.89. The van der Waals surface area contributed by atoms with E-state index in [4.69, 9.17) is 5.26 Å². The molecule has 2 unspecified atom stereocenters. The minimum atomic E-state index is -0.505. The zero-order chi connectivity index (χ0) is 16.4. The molecule has 3 nitrogen and oxygen atoms in total. The summed E-state index contributed by atoms with van der Waals surface area (Å²) in [6.07, 6.45) is 0.00116. The quantitative estimate of drug-likeness (QED) is 0.947. The Kier molecular flexibility index (Phi) is 4.37. The maximum Gasteiger partial charge on any atom is 0.124 e. The van der Waals surface area contributed by atoms with Crippen LogP contribution in [-0.4, -0.2) is 22.7 Å². The molecule has 3 rings (SSSR count). The highest BCUT2D eigenvalue weighted by molar-refractivity contribution is 5.38. The molecular weight excluding hydrogens is 298 g/mol. The van der Waals surface area contributed by atoms with Gasteiger partial charge in [0.2, 0.25) is 0 Å². The molecule has 0 radical (unpaired) electrons. The maximum absolute atomic E-state index is 13.5. The van der Waals surface area contributed by atoms with Gasteiger partial charge in [-0.1, -0.05) is 18.2 Å². The number of aliphatic hydroxyl groups is 1. The van der Waals surface area contributed by atoms with Gasteiger partial charge in [-0.3, -0.25) is 4.90 Å². The number of nitriles is 1. The van der Waals surface area contributed by atoms with E-state index in [0.717, 1.165) is 5.56 Å². The number of likely N-dealkylation sites (tertiary alicyclic amines) is 1. The van der Waals surface area contributed by atoms with Gasteiger partial charge in [0.25, 0.3) is 0 Å². The third kappa shape index (κ3) is 3.39. The highest BCUT2D eigenvalue weighted by atomic mass is 19.1. The Labute approximate surface area is 133 Å². The zero-order valence-electron chi connectivity index (χ0n) is 12.4. The summed E-state index contributed by atoms with van der Waals surface area (Å²) in [5, 5.41) is 19.1. The van der Waals surface area contributed by atoms with E-state index in [0.29, 0.717) is 25.1 Å². The lowest BCUT2D eigenvalue weighted by Gasteiger charge is -2.25. The van der Waals surface area contributed by atoms with Crippen LogP contribution in [0, 0.1) is 23.0 Å². The molecular formula is C18H16F2N2O. The van der Waals surface area contributed by atoms with Crippen molar-refractivity contribution in [3.8, 4) is 6.07 Å². The number of aliphatic hydroxyl groups excluding tert-OH is 1. The lowest BCUT2D eigenvalue weighted by molar-refractivity contribution is 0.172. The molecule has 0 aromatic heterocycles. The molecule has 1 saturated heterocycles. The standard InChI is InChI=1S/C18H16F2N2O/c19-15-3-1-2-12(6-15)18-8-17(23)11-22(18)10-13-4-5-16(20)7-14(13)9-21/h1-7,17-18,23H,8,10-11H2. The van der Waals surface area contributed by atoms with Crippen LogP contribution in [0.4, 0.5) is 8.78 Å². The van der Waals surface area contributed by atoms with Gasteiger partial charge in [0.15, 0.2) is 0 Å².